The van der Waals surface area contributed by atoms with Crippen molar-refractivity contribution in [3.8, 4) is 0 Å². The van der Waals surface area contributed by atoms with Crippen LogP contribution in [0.15, 0.2) is 0 Å². The number of hydrogen-bond acceptors (Lipinski definition) is 3. The standard InChI is InChI=1S/C9H18O3Si/c1-2-10-6-11-13-9-4-3-7-5-8(9)12-7/h7-9H,2-6,13H2,1H3. The summed E-state index contributed by atoms with van der Waals surface area (Å²) < 4.78 is 16.3. The van der Waals surface area contributed by atoms with Crippen molar-refractivity contribution in [3.63, 3.8) is 0 Å². The molecular weight excluding hydrogens is 184 g/mol. The summed E-state index contributed by atoms with van der Waals surface area (Å²) in [6, 6.07) is 0. The second-order valence-corrected chi connectivity index (χ2v) is 5.64. The molecule has 2 aliphatic heterocycles. The van der Waals surface area contributed by atoms with Crippen molar-refractivity contribution in [1.82, 2.24) is 0 Å². The van der Waals surface area contributed by atoms with Gasteiger partial charge in [0.2, 0.25) is 0 Å². The van der Waals surface area contributed by atoms with E-state index in [0.717, 1.165) is 12.1 Å². The maximum absolute atomic E-state index is 5.66. The summed E-state index contributed by atoms with van der Waals surface area (Å²) >= 11 is 0. The Hall–Kier alpha value is 0.0969. The van der Waals surface area contributed by atoms with Crippen LogP contribution in [0.4, 0.5) is 0 Å². The topological polar surface area (TPSA) is 27.7 Å². The Morgan fingerprint density at radius 3 is 2.92 bits per heavy atom. The van der Waals surface area contributed by atoms with E-state index in [1.54, 1.807) is 0 Å². The molecular formula is C9H18O3Si. The molecule has 0 aromatic heterocycles. The summed E-state index contributed by atoms with van der Waals surface area (Å²) in [7, 11) is -0.414. The van der Waals surface area contributed by atoms with Crippen molar-refractivity contribution in [3.05, 3.63) is 0 Å². The molecule has 1 aliphatic carbocycles. The van der Waals surface area contributed by atoms with Crippen molar-refractivity contribution in [2.75, 3.05) is 13.4 Å². The molecule has 3 atom stereocenters. The van der Waals surface area contributed by atoms with Gasteiger partial charge in [0, 0.05) is 6.61 Å². The molecule has 0 amide bonds. The van der Waals surface area contributed by atoms with Crippen LogP contribution < -0.4 is 0 Å². The fraction of sp³-hybridized carbons (Fsp3) is 1.00. The second-order valence-electron chi connectivity index (χ2n) is 3.85. The fourth-order valence-corrected chi connectivity index (χ4v) is 3.54. The van der Waals surface area contributed by atoms with Gasteiger partial charge in [-0.25, -0.2) is 0 Å². The first-order valence-corrected chi connectivity index (χ1v) is 6.60. The van der Waals surface area contributed by atoms with E-state index in [-0.39, 0.29) is 0 Å². The van der Waals surface area contributed by atoms with Gasteiger partial charge in [0.05, 0.1) is 12.2 Å². The minimum absolute atomic E-state index is 0.414. The predicted molar refractivity (Wildman–Crippen MR) is 52.4 cm³/mol. The van der Waals surface area contributed by atoms with E-state index in [9.17, 15) is 0 Å². The van der Waals surface area contributed by atoms with Gasteiger partial charge in [0.15, 0.2) is 9.76 Å². The number of rotatable bonds is 5. The Morgan fingerprint density at radius 1 is 1.46 bits per heavy atom. The van der Waals surface area contributed by atoms with Crippen LogP contribution in [0, 0.1) is 0 Å². The van der Waals surface area contributed by atoms with Crippen LogP contribution in [0.3, 0.4) is 0 Å². The van der Waals surface area contributed by atoms with Gasteiger partial charge >= 0.3 is 0 Å². The Morgan fingerprint density at radius 2 is 2.31 bits per heavy atom. The first-order valence-electron chi connectivity index (χ1n) is 5.21. The van der Waals surface area contributed by atoms with E-state index < -0.39 is 9.76 Å². The predicted octanol–water partition coefficient (Wildman–Crippen LogP) is 0.821. The van der Waals surface area contributed by atoms with Crippen molar-refractivity contribution < 1.29 is 13.9 Å². The average molecular weight is 202 g/mol. The van der Waals surface area contributed by atoms with Crippen molar-refractivity contribution >= 4 is 9.76 Å². The zero-order chi connectivity index (χ0) is 9.10. The molecule has 76 valence electrons. The Bertz CT molecular complexity index is 156. The van der Waals surface area contributed by atoms with Gasteiger partial charge in [-0.2, -0.15) is 0 Å². The van der Waals surface area contributed by atoms with E-state index in [1.165, 1.54) is 19.3 Å². The summed E-state index contributed by atoms with van der Waals surface area (Å²) in [5, 5.41) is 0. The molecule has 0 N–H and O–H groups in total. The molecule has 0 spiro atoms. The molecule has 3 rings (SSSR count). The fourth-order valence-electron chi connectivity index (χ4n) is 2.10. The zero-order valence-corrected chi connectivity index (χ0v) is 9.61. The van der Waals surface area contributed by atoms with Gasteiger partial charge in [-0.1, -0.05) is 0 Å². The maximum Gasteiger partial charge on any atom is 0.170 e. The van der Waals surface area contributed by atoms with E-state index >= 15 is 0 Å². The van der Waals surface area contributed by atoms with Crippen molar-refractivity contribution in [2.45, 2.75) is 43.9 Å². The summed E-state index contributed by atoms with van der Waals surface area (Å²) in [5.41, 5.74) is 0.755. The van der Waals surface area contributed by atoms with Gasteiger partial charge in [-0.3, -0.25) is 0 Å². The van der Waals surface area contributed by atoms with Crippen LogP contribution in [0.1, 0.15) is 26.2 Å². The third kappa shape index (κ3) is 2.31. The highest BCUT2D eigenvalue weighted by molar-refractivity contribution is 6.29. The highest BCUT2D eigenvalue weighted by atomic mass is 28.2. The quantitative estimate of drug-likeness (QED) is 0.375. The highest BCUT2D eigenvalue weighted by Gasteiger charge is 2.41. The molecule has 2 bridgehead atoms. The zero-order valence-electron chi connectivity index (χ0n) is 8.20. The molecule has 4 heteroatoms. The molecule has 0 radical (unpaired) electrons. The largest absolute Gasteiger partial charge is 0.402 e. The highest BCUT2D eigenvalue weighted by Crippen LogP contribution is 2.41. The lowest BCUT2D eigenvalue weighted by Gasteiger charge is -2.46. The molecule has 3 nitrogen and oxygen atoms in total. The minimum atomic E-state index is -0.414. The third-order valence-electron chi connectivity index (χ3n) is 2.95. The Labute approximate surface area is 81.7 Å². The van der Waals surface area contributed by atoms with E-state index in [1.807, 2.05) is 6.92 Å². The van der Waals surface area contributed by atoms with Gasteiger partial charge in [-0.15, -0.1) is 0 Å². The molecule has 3 fully saturated rings. The van der Waals surface area contributed by atoms with Crippen molar-refractivity contribution in [2.24, 2.45) is 0 Å². The molecule has 3 unspecified atom stereocenters. The smallest absolute Gasteiger partial charge is 0.170 e. The van der Waals surface area contributed by atoms with Crippen molar-refractivity contribution in [1.29, 1.82) is 0 Å². The van der Waals surface area contributed by atoms with Crippen LogP contribution in [-0.2, 0) is 13.9 Å². The van der Waals surface area contributed by atoms with Crippen LogP contribution in [0.25, 0.3) is 0 Å². The average Bonchev–Trinajstić information content (AvgIpc) is 2.12. The summed E-state index contributed by atoms with van der Waals surface area (Å²) in [5.74, 6) is 0. The molecule has 3 aliphatic rings. The molecule has 0 aromatic carbocycles. The first kappa shape index (κ1) is 9.64. The number of ether oxygens (including phenoxy) is 2. The second kappa shape index (κ2) is 4.55. The van der Waals surface area contributed by atoms with Crippen LogP contribution in [0.5, 0.6) is 0 Å². The maximum atomic E-state index is 5.66. The van der Waals surface area contributed by atoms with Crippen LogP contribution in [-0.4, -0.2) is 35.4 Å². The monoisotopic (exact) mass is 202 g/mol. The molecule has 0 aromatic rings. The van der Waals surface area contributed by atoms with E-state index in [2.05, 4.69) is 0 Å². The Balaban J connectivity index is 1.58. The third-order valence-corrected chi connectivity index (χ3v) is 4.71. The number of hydrogen-bond donors (Lipinski definition) is 0. The normalized spacial score (nSPS) is 38.1. The minimum Gasteiger partial charge on any atom is -0.402 e. The molecule has 13 heavy (non-hydrogen) atoms. The van der Waals surface area contributed by atoms with Gasteiger partial charge < -0.3 is 13.9 Å². The van der Waals surface area contributed by atoms with Crippen LogP contribution >= 0.6 is 0 Å². The first-order chi connectivity index (χ1) is 6.40. The Kier molecular flexibility index (Phi) is 3.37. The summed E-state index contributed by atoms with van der Waals surface area (Å²) in [6.45, 7) is 3.24. The van der Waals surface area contributed by atoms with Gasteiger partial charge in [-0.05, 0) is 31.7 Å². The SMILES string of the molecule is CCOCO[SiH2]C1CCC2CC1O2. The molecule has 2 heterocycles. The lowest BCUT2D eigenvalue weighted by molar-refractivity contribution is -0.157. The van der Waals surface area contributed by atoms with E-state index in [4.69, 9.17) is 13.9 Å². The summed E-state index contributed by atoms with van der Waals surface area (Å²) in [4.78, 5) is 0. The van der Waals surface area contributed by atoms with Gasteiger partial charge in [0.25, 0.3) is 0 Å². The molecule has 2 saturated heterocycles. The summed E-state index contributed by atoms with van der Waals surface area (Å²) in [6.07, 6.45) is 5.02. The lowest BCUT2D eigenvalue weighted by atomic mass is 9.88. The van der Waals surface area contributed by atoms with Gasteiger partial charge in [0.1, 0.15) is 6.79 Å². The molecule has 1 saturated carbocycles. The number of fused-ring (bicyclic) bond motifs is 2. The van der Waals surface area contributed by atoms with Crippen LogP contribution in [0.2, 0.25) is 5.54 Å². The lowest BCUT2D eigenvalue weighted by Crippen LogP contribution is -2.47. The van der Waals surface area contributed by atoms with E-state index in [0.29, 0.717) is 19.0 Å².